The van der Waals surface area contributed by atoms with E-state index in [1.165, 1.54) is 31.4 Å². The van der Waals surface area contributed by atoms with E-state index in [4.69, 9.17) is 16.3 Å². The first kappa shape index (κ1) is 27.9. The molecule has 0 aliphatic rings. The van der Waals surface area contributed by atoms with E-state index in [1.54, 1.807) is 24.3 Å². The minimum Gasteiger partial charge on any atom is -0.496 e. The topological polar surface area (TPSA) is 104 Å². The number of H-pyrrole nitrogens is 1. The molecule has 3 N–H and O–H groups in total. The number of ether oxygens (including phenoxy) is 1. The maximum absolute atomic E-state index is 14.8. The summed E-state index contributed by atoms with van der Waals surface area (Å²) in [6.45, 7) is 1.92. The Hall–Kier alpha value is -4.69. The number of para-hydroxylation sites is 2. The molecule has 208 valence electrons. The Morgan fingerprint density at radius 1 is 1.05 bits per heavy atom. The number of nitrogens with zero attached hydrogens (tertiary/aromatic N) is 1. The second kappa shape index (κ2) is 11.8. The quantitative estimate of drug-likeness (QED) is 0.168. The average molecular weight is 572 g/mol. The van der Waals surface area contributed by atoms with Gasteiger partial charge in [0, 0.05) is 21.7 Å². The lowest BCUT2D eigenvalue weighted by Crippen LogP contribution is -2.29. The Labute approximate surface area is 241 Å². The van der Waals surface area contributed by atoms with Gasteiger partial charge in [0.05, 0.1) is 35.3 Å². The Morgan fingerprint density at radius 2 is 1.83 bits per heavy atom. The van der Waals surface area contributed by atoms with E-state index in [0.29, 0.717) is 46.1 Å². The summed E-state index contributed by atoms with van der Waals surface area (Å²) in [7, 11) is 1.44. The molecule has 5 rings (SSSR count). The lowest BCUT2D eigenvalue weighted by Gasteiger charge is -2.22. The van der Waals surface area contributed by atoms with E-state index < -0.39 is 23.7 Å². The molecule has 0 fully saturated rings. The Morgan fingerprint density at radius 3 is 2.56 bits per heavy atom. The number of rotatable bonds is 9. The summed E-state index contributed by atoms with van der Waals surface area (Å²) >= 11 is 6.65. The van der Waals surface area contributed by atoms with Crippen molar-refractivity contribution < 1.29 is 23.8 Å². The van der Waals surface area contributed by atoms with Gasteiger partial charge in [-0.15, -0.1) is 0 Å². The van der Waals surface area contributed by atoms with Crippen LogP contribution >= 0.6 is 11.6 Å². The van der Waals surface area contributed by atoms with Crippen LogP contribution in [0.4, 0.5) is 4.39 Å². The summed E-state index contributed by atoms with van der Waals surface area (Å²) in [5.41, 5.74) is 3.24. The average Bonchev–Trinajstić information content (AvgIpc) is 3.40. The number of carboxylic acids is 1. The van der Waals surface area contributed by atoms with Crippen molar-refractivity contribution in [2.24, 2.45) is 0 Å². The molecular weight excluding hydrogens is 545 g/mol. The van der Waals surface area contributed by atoms with Gasteiger partial charge < -0.3 is 20.1 Å². The second-order valence-electron chi connectivity index (χ2n) is 9.50. The Bertz CT molecular complexity index is 1730. The van der Waals surface area contributed by atoms with E-state index in [-0.39, 0.29) is 16.7 Å². The van der Waals surface area contributed by atoms with Gasteiger partial charge in [-0.05, 0) is 54.4 Å². The molecule has 4 aromatic carbocycles. The summed E-state index contributed by atoms with van der Waals surface area (Å²) in [5.74, 6) is -1.42. The van der Waals surface area contributed by atoms with Gasteiger partial charge in [-0.1, -0.05) is 61.3 Å². The van der Waals surface area contributed by atoms with Gasteiger partial charge >= 0.3 is 5.97 Å². The normalized spacial score (nSPS) is 11.8. The molecule has 1 unspecified atom stereocenters. The third kappa shape index (κ3) is 5.51. The van der Waals surface area contributed by atoms with Crippen LogP contribution in [0.3, 0.4) is 0 Å². The zero-order valence-electron chi connectivity index (χ0n) is 22.4. The van der Waals surface area contributed by atoms with Crippen molar-refractivity contribution >= 4 is 34.5 Å². The van der Waals surface area contributed by atoms with Crippen molar-refractivity contribution in [3.63, 3.8) is 0 Å². The van der Waals surface area contributed by atoms with Crippen LogP contribution in [-0.4, -0.2) is 34.1 Å². The first-order chi connectivity index (χ1) is 19.8. The number of aromatic amines is 1. The highest BCUT2D eigenvalue weighted by molar-refractivity contribution is 6.34. The molecule has 0 aliphatic carbocycles. The lowest BCUT2D eigenvalue weighted by atomic mass is 9.93. The fraction of sp³-hybridized carbons (Fsp3) is 0.156. The summed E-state index contributed by atoms with van der Waals surface area (Å²) in [6.07, 6.45) is 1.12. The number of imidazole rings is 1. The van der Waals surface area contributed by atoms with E-state index >= 15 is 0 Å². The number of carbonyl (C=O) groups excluding carboxylic acids is 1. The van der Waals surface area contributed by atoms with Gasteiger partial charge in [0.1, 0.15) is 17.4 Å². The van der Waals surface area contributed by atoms with Crippen LogP contribution in [0.1, 0.15) is 52.1 Å². The molecule has 1 heterocycles. The standard InChI is InChI=1S/C32H27ClFN3O4/c1-3-8-26(29-23(34)11-7-14-27(29)41-2)37-31(38)18-15-16-19(21(17-18)32(39)40)28-20(9-6-10-22(28)33)30-35-24-12-4-5-13-25(24)36-30/h4-7,9-17,26H,3,8H2,1-2H3,(H,35,36)(H,37,38)(H,39,40). The summed E-state index contributed by atoms with van der Waals surface area (Å²) < 4.78 is 20.2. The summed E-state index contributed by atoms with van der Waals surface area (Å²) in [6, 6.07) is 21.0. The third-order valence-corrected chi connectivity index (χ3v) is 7.22. The zero-order valence-corrected chi connectivity index (χ0v) is 23.1. The highest BCUT2D eigenvalue weighted by Crippen LogP contribution is 2.39. The maximum Gasteiger partial charge on any atom is 0.336 e. The molecule has 5 aromatic rings. The molecule has 0 spiro atoms. The smallest absolute Gasteiger partial charge is 0.336 e. The van der Waals surface area contributed by atoms with Crippen LogP contribution in [-0.2, 0) is 0 Å². The molecule has 0 radical (unpaired) electrons. The zero-order chi connectivity index (χ0) is 29.1. The largest absolute Gasteiger partial charge is 0.496 e. The number of hydrogen-bond donors (Lipinski definition) is 3. The molecule has 0 aliphatic heterocycles. The summed E-state index contributed by atoms with van der Waals surface area (Å²) in [4.78, 5) is 33.8. The Kier molecular flexibility index (Phi) is 8.03. The molecule has 1 atom stereocenters. The first-order valence-corrected chi connectivity index (χ1v) is 13.4. The Balaban J connectivity index is 1.55. The number of fused-ring (bicyclic) bond motifs is 1. The van der Waals surface area contributed by atoms with Gasteiger partial charge in [-0.2, -0.15) is 0 Å². The number of hydrogen-bond acceptors (Lipinski definition) is 4. The maximum atomic E-state index is 14.8. The molecule has 0 bridgehead atoms. The fourth-order valence-electron chi connectivity index (χ4n) is 5.01. The molecule has 1 amide bonds. The fourth-order valence-corrected chi connectivity index (χ4v) is 5.28. The minimum atomic E-state index is -1.23. The van der Waals surface area contributed by atoms with Crippen LogP contribution in [0.5, 0.6) is 5.75 Å². The van der Waals surface area contributed by atoms with Crippen molar-refractivity contribution in [1.29, 1.82) is 0 Å². The van der Waals surface area contributed by atoms with Crippen LogP contribution in [0, 0.1) is 5.82 Å². The lowest BCUT2D eigenvalue weighted by molar-refractivity contribution is 0.0697. The van der Waals surface area contributed by atoms with E-state index in [1.807, 2.05) is 37.3 Å². The van der Waals surface area contributed by atoms with Crippen molar-refractivity contribution in [2.45, 2.75) is 25.8 Å². The predicted octanol–water partition coefficient (Wildman–Crippen LogP) is 7.67. The minimum absolute atomic E-state index is 0.111. The predicted molar refractivity (Wildman–Crippen MR) is 157 cm³/mol. The number of carboxylic acid groups (broad SMARTS) is 1. The number of nitrogens with one attached hydrogen (secondary N) is 2. The van der Waals surface area contributed by atoms with Crippen LogP contribution in [0.25, 0.3) is 33.5 Å². The van der Waals surface area contributed by atoms with Crippen LogP contribution in [0.15, 0.2) is 78.9 Å². The number of carbonyl (C=O) groups is 2. The van der Waals surface area contributed by atoms with Gasteiger partial charge in [0.2, 0.25) is 0 Å². The molecule has 9 heteroatoms. The first-order valence-electron chi connectivity index (χ1n) is 13.1. The van der Waals surface area contributed by atoms with E-state index in [0.717, 1.165) is 11.0 Å². The van der Waals surface area contributed by atoms with Crippen molar-refractivity contribution in [3.8, 4) is 28.3 Å². The second-order valence-corrected chi connectivity index (χ2v) is 9.91. The van der Waals surface area contributed by atoms with Gasteiger partial charge in [0.25, 0.3) is 5.91 Å². The van der Waals surface area contributed by atoms with Gasteiger partial charge in [0.15, 0.2) is 0 Å². The molecule has 7 nitrogen and oxygen atoms in total. The molecule has 0 saturated carbocycles. The van der Waals surface area contributed by atoms with Crippen LogP contribution in [0.2, 0.25) is 5.02 Å². The summed E-state index contributed by atoms with van der Waals surface area (Å²) in [5, 5.41) is 13.4. The molecule has 0 saturated heterocycles. The molecule has 41 heavy (non-hydrogen) atoms. The molecule has 1 aromatic heterocycles. The van der Waals surface area contributed by atoms with E-state index in [9.17, 15) is 19.1 Å². The highest BCUT2D eigenvalue weighted by atomic mass is 35.5. The van der Waals surface area contributed by atoms with Gasteiger partial charge in [-0.25, -0.2) is 14.2 Å². The number of aromatic nitrogens is 2. The number of methoxy groups -OCH3 is 1. The number of benzene rings is 4. The monoisotopic (exact) mass is 571 g/mol. The van der Waals surface area contributed by atoms with Crippen molar-refractivity contribution in [2.75, 3.05) is 7.11 Å². The number of amides is 1. The highest BCUT2D eigenvalue weighted by Gasteiger charge is 2.25. The van der Waals surface area contributed by atoms with Crippen LogP contribution < -0.4 is 10.1 Å². The third-order valence-electron chi connectivity index (χ3n) is 6.90. The van der Waals surface area contributed by atoms with Crippen molar-refractivity contribution in [3.05, 3.63) is 106 Å². The number of halogens is 2. The molecular formula is C32H27ClFN3O4. The van der Waals surface area contributed by atoms with Gasteiger partial charge in [-0.3, -0.25) is 4.79 Å². The SMILES string of the molecule is CCCC(NC(=O)c1ccc(-c2c(Cl)cccc2-c2nc3ccccc3[nH]2)c(C(=O)O)c1)c1c(F)cccc1OC. The number of aromatic carboxylic acids is 1. The van der Waals surface area contributed by atoms with Crippen molar-refractivity contribution in [1.82, 2.24) is 15.3 Å². The van der Waals surface area contributed by atoms with E-state index in [2.05, 4.69) is 15.3 Å².